The SMILES string of the molecule is O=C(N/N=C\c1cc([N+](=O)[O-])c(O)cc1O)c1ccc([N+](=O)[O-])cc1. The van der Waals surface area contributed by atoms with Crippen LogP contribution in [0.25, 0.3) is 0 Å². The molecule has 0 unspecified atom stereocenters. The number of phenolic OH excluding ortho intramolecular Hbond substituents is 2. The van der Waals surface area contributed by atoms with E-state index in [9.17, 15) is 35.2 Å². The zero-order valence-corrected chi connectivity index (χ0v) is 12.3. The normalized spacial score (nSPS) is 10.6. The second-order valence-electron chi connectivity index (χ2n) is 4.66. The van der Waals surface area contributed by atoms with E-state index in [1.54, 1.807) is 0 Å². The van der Waals surface area contributed by atoms with Crippen LogP contribution in [-0.4, -0.2) is 32.2 Å². The standard InChI is InChI=1S/C14H10N4O7/c19-12-6-13(20)11(18(24)25)5-9(12)7-15-16-14(21)8-1-3-10(4-2-8)17(22)23/h1-7,19-20H,(H,16,21)/b15-7-. The topological polar surface area (TPSA) is 168 Å². The summed E-state index contributed by atoms with van der Waals surface area (Å²) in [6, 6.07) is 6.41. The van der Waals surface area contributed by atoms with Gasteiger partial charge in [0.25, 0.3) is 11.6 Å². The smallest absolute Gasteiger partial charge is 0.311 e. The molecule has 0 saturated heterocycles. The van der Waals surface area contributed by atoms with Gasteiger partial charge in [-0.1, -0.05) is 0 Å². The third-order valence-corrected chi connectivity index (χ3v) is 3.03. The summed E-state index contributed by atoms with van der Waals surface area (Å²) in [5.41, 5.74) is 1.28. The molecule has 0 saturated carbocycles. The molecule has 0 heterocycles. The van der Waals surface area contributed by atoms with Gasteiger partial charge >= 0.3 is 5.69 Å². The van der Waals surface area contributed by atoms with Gasteiger partial charge in [-0.05, 0) is 12.1 Å². The number of nitro groups is 2. The van der Waals surface area contributed by atoms with Gasteiger partial charge in [-0.3, -0.25) is 25.0 Å². The van der Waals surface area contributed by atoms with E-state index < -0.39 is 32.9 Å². The number of non-ortho nitro benzene ring substituents is 1. The highest BCUT2D eigenvalue weighted by atomic mass is 16.6. The molecule has 0 aliphatic rings. The molecule has 128 valence electrons. The Kier molecular flexibility index (Phi) is 4.88. The van der Waals surface area contributed by atoms with Crippen molar-refractivity contribution >= 4 is 23.5 Å². The van der Waals surface area contributed by atoms with E-state index in [1.807, 2.05) is 0 Å². The lowest BCUT2D eigenvalue weighted by Gasteiger charge is -2.02. The molecule has 2 aromatic rings. The van der Waals surface area contributed by atoms with E-state index in [1.165, 1.54) is 12.1 Å². The zero-order valence-electron chi connectivity index (χ0n) is 12.3. The third kappa shape index (κ3) is 4.04. The van der Waals surface area contributed by atoms with Crippen LogP contribution >= 0.6 is 0 Å². The van der Waals surface area contributed by atoms with Gasteiger partial charge < -0.3 is 10.2 Å². The van der Waals surface area contributed by atoms with Crippen molar-refractivity contribution < 1.29 is 24.9 Å². The Morgan fingerprint density at radius 2 is 1.68 bits per heavy atom. The van der Waals surface area contributed by atoms with Crippen molar-refractivity contribution in [2.75, 3.05) is 0 Å². The Bertz CT molecular complexity index is 877. The lowest BCUT2D eigenvalue weighted by molar-refractivity contribution is -0.385. The van der Waals surface area contributed by atoms with Crippen molar-refractivity contribution in [3.63, 3.8) is 0 Å². The van der Waals surface area contributed by atoms with Crippen molar-refractivity contribution in [1.82, 2.24) is 5.43 Å². The van der Waals surface area contributed by atoms with Gasteiger partial charge in [-0.15, -0.1) is 0 Å². The molecule has 25 heavy (non-hydrogen) atoms. The summed E-state index contributed by atoms with van der Waals surface area (Å²) in [6.45, 7) is 0. The second kappa shape index (κ2) is 7.04. The van der Waals surface area contributed by atoms with Gasteiger partial charge in [0.2, 0.25) is 0 Å². The molecule has 0 aliphatic carbocycles. The minimum absolute atomic E-state index is 0.101. The molecule has 0 aliphatic heterocycles. The predicted molar refractivity (Wildman–Crippen MR) is 84.6 cm³/mol. The van der Waals surface area contributed by atoms with Crippen LogP contribution in [0.2, 0.25) is 0 Å². The maximum absolute atomic E-state index is 11.8. The van der Waals surface area contributed by atoms with Crippen molar-refractivity contribution in [3.05, 3.63) is 67.8 Å². The van der Waals surface area contributed by atoms with Gasteiger partial charge in [0.1, 0.15) is 5.75 Å². The first-order valence-electron chi connectivity index (χ1n) is 6.58. The fraction of sp³-hybridized carbons (Fsp3) is 0. The number of amides is 1. The molecule has 0 atom stereocenters. The summed E-state index contributed by atoms with van der Waals surface area (Å²) in [6.07, 6.45) is 0.949. The second-order valence-corrected chi connectivity index (χ2v) is 4.66. The Balaban J connectivity index is 2.12. The van der Waals surface area contributed by atoms with Gasteiger partial charge in [0.05, 0.1) is 16.1 Å². The van der Waals surface area contributed by atoms with E-state index >= 15 is 0 Å². The lowest BCUT2D eigenvalue weighted by atomic mass is 10.2. The number of nitrogens with zero attached hydrogens (tertiary/aromatic N) is 3. The Morgan fingerprint density at radius 3 is 2.24 bits per heavy atom. The molecule has 0 spiro atoms. The van der Waals surface area contributed by atoms with E-state index in [0.29, 0.717) is 0 Å². The molecule has 0 bridgehead atoms. The van der Waals surface area contributed by atoms with Crippen molar-refractivity contribution in [3.8, 4) is 11.5 Å². The summed E-state index contributed by atoms with van der Waals surface area (Å²) in [7, 11) is 0. The molecule has 0 fully saturated rings. The van der Waals surface area contributed by atoms with E-state index in [2.05, 4.69) is 10.5 Å². The van der Waals surface area contributed by atoms with E-state index in [4.69, 9.17) is 0 Å². The molecule has 3 N–H and O–H groups in total. The molecule has 0 aromatic heterocycles. The number of benzene rings is 2. The largest absolute Gasteiger partial charge is 0.507 e. The molecule has 0 radical (unpaired) electrons. The van der Waals surface area contributed by atoms with Crippen LogP contribution < -0.4 is 5.43 Å². The maximum atomic E-state index is 11.8. The molecule has 11 heteroatoms. The number of rotatable bonds is 5. The number of carbonyl (C=O) groups excluding carboxylic acids is 1. The number of hydrazone groups is 1. The van der Waals surface area contributed by atoms with Gasteiger partial charge in [0, 0.05) is 35.4 Å². The first kappa shape index (κ1) is 17.3. The first-order valence-corrected chi connectivity index (χ1v) is 6.58. The summed E-state index contributed by atoms with van der Waals surface area (Å²) in [5, 5.41) is 43.8. The molecular formula is C14H10N4O7. The van der Waals surface area contributed by atoms with Gasteiger partial charge in [-0.2, -0.15) is 5.10 Å². The molecular weight excluding hydrogens is 336 g/mol. The van der Waals surface area contributed by atoms with Crippen LogP contribution in [0.15, 0.2) is 41.5 Å². The molecule has 2 rings (SSSR count). The molecule has 2 aromatic carbocycles. The third-order valence-electron chi connectivity index (χ3n) is 3.03. The van der Waals surface area contributed by atoms with Crippen molar-refractivity contribution in [1.29, 1.82) is 0 Å². The average Bonchev–Trinajstić information content (AvgIpc) is 2.56. The van der Waals surface area contributed by atoms with Crippen LogP contribution in [-0.2, 0) is 0 Å². The first-order chi connectivity index (χ1) is 11.8. The Morgan fingerprint density at radius 1 is 1.04 bits per heavy atom. The zero-order chi connectivity index (χ0) is 18.6. The van der Waals surface area contributed by atoms with Crippen LogP contribution in [0.1, 0.15) is 15.9 Å². The minimum atomic E-state index is -0.846. The minimum Gasteiger partial charge on any atom is -0.507 e. The highest BCUT2D eigenvalue weighted by molar-refractivity contribution is 5.95. The monoisotopic (exact) mass is 346 g/mol. The summed E-state index contributed by atoms with van der Waals surface area (Å²) in [4.78, 5) is 31.6. The molecule has 11 nitrogen and oxygen atoms in total. The van der Waals surface area contributed by atoms with Crippen molar-refractivity contribution in [2.45, 2.75) is 0 Å². The van der Waals surface area contributed by atoms with E-state index in [0.717, 1.165) is 30.5 Å². The summed E-state index contributed by atoms with van der Waals surface area (Å²) < 4.78 is 0. The Hall–Kier alpha value is -4.02. The van der Waals surface area contributed by atoms with Gasteiger partial charge in [-0.25, -0.2) is 5.43 Å². The maximum Gasteiger partial charge on any atom is 0.311 e. The number of nitrogens with one attached hydrogen (secondary N) is 1. The Labute approximate surface area is 139 Å². The quantitative estimate of drug-likeness (QED) is 0.420. The average molecular weight is 346 g/mol. The number of carbonyl (C=O) groups is 1. The van der Waals surface area contributed by atoms with Crippen LogP contribution in [0.3, 0.4) is 0 Å². The van der Waals surface area contributed by atoms with E-state index in [-0.39, 0.29) is 16.8 Å². The number of nitro benzene ring substituents is 2. The van der Waals surface area contributed by atoms with Crippen LogP contribution in [0, 0.1) is 20.2 Å². The number of aromatic hydroxyl groups is 2. The number of phenols is 2. The predicted octanol–water partition coefficient (Wildman–Crippen LogP) is 1.68. The molecule has 1 amide bonds. The lowest BCUT2D eigenvalue weighted by Crippen LogP contribution is -2.17. The highest BCUT2D eigenvalue weighted by Gasteiger charge is 2.16. The number of hydrogen-bond donors (Lipinski definition) is 3. The highest BCUT2D eigenvalue weighted by Crippen LogP contribution is 2.31. The number of hydrogen-bond acceptors (Lipinski definition) is 8. The van der Waals surface area contributed by atoms with Gasteiger partial charge in [0.15, 0.2) is 5.75 Å². The summed E-state index contributed by atoms with van der Waals surface area (Å²) >= 11 is 0. The van der Waals surface area contributed by atoms with Crippen molar-refractivity contribution in [2.24, 2.45) is 5.10 Å². The fourth-order valence-electron chi connectivity index (χ4n) is 1.79. The van der Waals surface area contributed by atoms with Crippen LogP contribution in [0.5, 0.6) is 11.5 Å². The van der Waals surface area contributed by atoms with Crippen LogP contribution in [0.4, 0.5) is 11.4 Å². The summed E-state index contributed by atoms with van der Waals surface area (Å²) in [5.74, 6) is -1.87. The fourth-order valence-corrected chi connectivity index (χ4v) is 1.79.